The van der Waals surface area contributed by atoms with E-state index in [1.807, 2.05) is 42.5 Å². The number of hydrogen-bond acceptors (Lipinski definition) is 2. The van der Waals surface area contributed by atoms with Crippen LogP contribution in [-0.2, 0) is 16.0 Å². The summed E-state index contributed by atoms with van der Waals surface area (Å²) in [6, 6.07) is 17.9. The second-order valence-electron chi connectivity index (χ2n) is 6.63. The van der Waals surface area contributed by atoms with Crippen LogP contribution in [0.2, 0.25) is 0 Å². The van der Waals surface area contributed by atoms with Gasteiger partial charge in [0.1, 0.15) is 0 Å². The van der Waals surface area contributed by atoms with Gasteiger partial charge in [-0.2, -0.15) is 0 Å². The maximum Gasteiger partial charge on any atom is 0.243 e. The molecule has 128 valence electrons. The third kappa shape index (κ3) is 3.09. The fraction of sp³-hybridized carbons (Fsp3) is 0.300. The lowest BCUT2D eigenvalue weighted by Gasteiger charge is -2.28. The van der Waals surface area contributed by atoms with Crippen molar-refractivity contribution < 1.29 is 9.59 Å². The van der Waals surface area contributed by atoms with E-state index in [-0.39, 0.29) is 23.9 Å². The maximum absolute atomic E-state index is 12.6. The van der Waals surface area contributed by atoms with Gasteiger partial charge in [-0.3, -0.25) is 9.59 Å². The van der Waals surface area contributed by atoms with Gasteiger partial charge in [-0.1, -0.05) is 58.4 Å². The van der Waals surface area contributed by atoms with Crippen LogP contribution in [0.4, 0.5) is 0 Å². The molecule has 2 amide bonds. The van der Waals surface area contributed by atoms with Crippen molar-refractivity contribution >= 4 is 27.7 Å². The van der Waals surface area contributed by atoms with E-state index in [2.05, 4.69) is 28.1 Å². The Labute approximate surface area is 155 Å². The Hall–Kier alpha value is -2.14. The molecule has 5 heteroatoms. The van der Waals surface area contributed by atoms with E-state index in [0.717, 1.165) is 22.9 Å². The van der Waals surface area contributed by atoms with E-state index in [1.165, 1.54) is 5.56 Å². The summed E-state index contributed by atoms with van der Waals surface area (Å²) in [4.78, 5) is 25.2. The SMILES string of the molecule is O=C1C[C@H](c2ccccc2)N2C(=O)C[C@H](CCc3ccc(Br)cc3)N12. The number of carbonyl (C=O) groups is 2. The topological polar surface area (TPSA) is 40.6 Å². The molecule has 4 rings (SSSR count). The molecule has 0 aliphatic carbocycles. The Morgan fingerprint density at radius 3 is 2.28 bits per heavy atom. The molecule has 2 aliphatic heterocycles. The monoisotopic (exact) mass is 398 g/mol. The van der Waals surface area contributed by atoms with Crippen molar-refractivity contribution in [2.45, 2.75) is 37.8 Å². The van der Waals surface area contributed by atoms with E-state index >= 15 is 0 Å². The smallest absolute Gasteiger partial charge is 0.243 e. The summed E-state index contributed by atoms with van der Waals surface area (Å²) in [5, 5.41) is 3.42. The number of aryl methyl sites for hydroxylation is 1. The molecule has 25 heavy (non-hydrogen) atoms. The third-order valence-corrected chi connectivity index (χ3v) is 5.56. The first-order valence-corrected chi connectivity index (χ1v) is 9.36. The zero-order chi connectivity index (χ0) is 17.4. The van der Waals surface area contributed by atoms with Crippen LogP contribution in [-0.4, -0.2) is 27.9 Å². The summed E-state index contributed by atoms with van der Waals surface area (Å²) in [6.07, 6.45) is 2.46. The molecule has 0 unspecified atom stereocenters. The predicted molar refractivity (Wildman–Crippen MR) is 98.4 cm³/mol. The lowest BCUT2D eigenvalue weighted by molar-refractivity contribution is -0.148. The lowest BCUT2D eigenvalue weighted by atomic mass is 10.0. The summed E-state index contributed by atoms with van der Waals surface area (Å²) >= 11 is 3.44. The van der Waals surface area contributed by atoms with Crippen molar-refractivity contribution in [1.29, 1.82) is 0 Å². The number of halogens is 1. The van der Waals surface area contributed by atoms with Crippen molar-refractivity contribution in [2.75, 3.05) is 0 Å². The Morgan fingerprint density at radius 2 is 1.56 bits per heavy atom. The number of hydrazine groups is 1. The molecule has 0 bridgehead atoms. The van der Waals surface area contributed by atoms with E-state index < -0.39 is 0 Å². The zero-order valence-electron chi connectivity index (χ0n) is 13.8. The minimum atomic E-state index is -0.154. The van der Waals surface area contributed by atoms with E-state index in [1.54, 1.807) is 10.0 Å². The van der Waals surface area contributed by atoms with Gasteiger partial charge in [0.15, 0.2) is 0 Å². The summed E-state index contributed by atoms with van der Waals surface area (Å²) in [6.45, 7) is 0. The van der Waals surface area contributed by atoms with Crippen LogP contribution in [0.1, 0.15) is 36.4 Å². The molecule has 0 radical (unpaired) electrons. The second-order valence-corrected chi connectivity index (χ2v) is 7.55. The summed E-state index contributed by atoms with van der Waals surface area (Å²) in [5.41, 5.74) is 2.25. The highest BCUT2D eigenvalue weighted by Gasteiger charge is 2.50. The minimum absolute atomic E-state index is 0.0302. The molecule has 2 heterocycles. The number of carbonyl (C=O) groups excluding carboxylic acids is 2. The summed E-state index contributed by atoms with van der Waals surface area (Å²) in [7, 11) is 0. The Balaban J connectivity index is 1.50. The van der Waals surface area contributed by atoms with Gasteiger partial charge in [0.25, 0.3) is 0 Å². The molecule has 0 spiro atoms. The van der Waals surface area contributed by atoms with Gasteiger partial charge >= 0.3 is 0 Å². The maximum atomic E-state index is 12.6. The van der Waals surface area contributed by atoms with Crippen molar-refractivity contribution in [3.8, 4) is 0 Å². The van der Waals surface area contributed by atoms with Crippen molar-refractivity contribution in [2.24, 2.45) is 0 Å². The Bertz CT molecular complexity index is 789. The fourth-order valence-electron chi connectivity index (χ4n) is 3.81. The first-order chi connectivity index (χ1) is 12.1. The number of fused-ring (bicyclic) bond motifs is 1. The summed E-state index contributed by atoms with van der Waals surface area (Å²) in [5.74, 6) is 0.112. The molecule has 2 aromatic rings. The quantitative estimate of drug-likeness (QED) is 0.783. The minimum Gasteiger partial charge on any atom is -0.273 e. The molecule has 0 aromatic heterocycles. The molecular weight excluding hydrogens is 380 g/mol. The van der Waals surface area contributed by atoms with Gasteiger partial charge in [0.2, 0.25) is 11.8 Å². The number of hydrogen-bond donors (Lipinski definition) is 0. The van der Waals surface area contributed by atoms with Crippen LogP contribution in [0.15, 0.2) is 59.1 Å². The first-order valence-electron chi connectivity index (χ1n) is 8.57. The third-order valence-electron chi connectivity index (χ3n) is 5.03. The van der Waals surface area contributed by atoms with E-state index in [4.69, 9.17) is 0 Å². The first kappa shape index (κ1) is 16.3. The molecular formula is C20H19BrN2O2. The zero-order valence-corrected chi connectivity index (χ0v) is 15.4. The number of nitrogens with zero attached hydrogens (tertiary/aromatic N) is 2. The predicted octanol–water partition coefficient (Wildman–Crippen LogP) is 3.87. The van der Waals surface area contributed by atoms with Gasteiger partial charge < -0.3 is 0 Å². The van der Waals surface area contributed by atoms with Crippen LogP contribution >= 0.6 is 15.9 Å². The van der Waals surface area contributed by atoms with Gasteiger partial charge in [-0.25, -0.2) is 10.0 Å². The number of amides is 2. The van der Waals surface area contributed by atoms with Crippen LogP contribution < -0.4 is 0 Å². The standard InChI is InChI=1S/C20H19BrN2O2/c21-16-9-6-14(7-10-16)8-11-17-12-19(24)23-18(13-20(25)22(17)23)15-4-2-1-3-5-15/h1-7,9-10,17-18H,8,11-13H2/t17-,18+/m0/s1. The molecule has 2 saturated heterocycles. The molecule has 2 aliphatic rings. The van der Waals surface area contributed by atoms with Crippen LogP contribution in [0.3, 0.4) is 0 Å². The molecule has 0 N–H and O–H groups in total. The van der Waals surface area contributed by atoms with Crippen molar-refractivity contribution in [1.82, 2.24) is 10.0 Å². The van der Waals surface area contributed by atoms with Crippen molar-refractivity contribution in [3.63, 3.8) is 0 Å². The average Bonchev–Trinajstić information content (AvgIpc) is 3.14. The lowest BCUT2D eigenvalue weighted by Crippen LogP contribution is -2.40. The van der Waals surface area contributed by atoms with Crippen molar-refractivity contribution in [3.05, 3.63) is 70.2 Å². The average molecular weight is 399 g/mol. The van der Waals surface area contributed by atoms with Crippen LogP contribution in [0.25, 0.3) is 0 Å². The van der Waals surface area contributed by atoms with Gasteiger partial charge in [-0.15, -0.1) is 0 Å². The van der Waals surface area contributed by atoms with Crippen LogP contribution in [0.5, 0.6) is 0 Å². The largest absolute Gasteiger partial charge is 0.273 e. The molecule has 0 saturated carbocycles. The summed E-state index contributed by atoms with van der Waals surface area (Å²) < 4.78 is 1.05. The highest BCUT2D eigenvalue weighted by molar-refractivity contribution is 9.10. The van der Waals surface area contributed by atoms with E-state index in [9.17, 15) is 9.59 Å². The fourth-order valence-corrected chi connectivity index (χ4v) is 4.08. The molecule has 2 aromatic carbocycles. The van der Waals surface area contributed by atoms with Crippen LogP contribution in [0, 0.1) is 0 Å². The van der Waals surface area contributed by atoms with Gasteiger partial charge in [-0.05, 0) is 36.1 Å². The molecule has 2 atom stereocenters. The number of rotatable bonds is 4. The Morgan fingerprint density at radius 1 is 0.880 bits per heavy atom. The molecule has 2 fully saturated rings. The Kier molecular flexibility index (Phi) is 4.34. The normalized spacial score (nSPS) is 22.6. The highest BCUT2D eigenvalue weighted by Crippen LogP contribution is 2.40. The number of benzene rings is 2. The van der Waals surface area contributed by atoms with Gasteiger partial charge in [0.05, 0.1) is 24.9 Å². The second kappa shape index (κ2) is 6.64. The van der Waals surface area contributed by atoms with E-state index in [0.29, 0.717) is 12.8 Å². The van der Waals surface area contributed by atoms with Gasteiger partial charge in [0, 0.05) is 4.47 Å². The molecule has 4 nitrogen and oxygen atoms in total. The highest BCUT2D eigenvalue weighted by atomic mass is 79.9.